The lowest BCUT2D eigenvalue weighted by Crippen LogP contribution is -2.28. The molecular formula is C19H19N3O5. The molecule has 8 nitrogen and oxygen atoms in total. The number of carbonyl (C=O) groups is 2. The van der Waals surface area contributed by atoms with Crippen molar-refractivity contribution >= 4 is 28.9 Å². The highest BCUT2D eigenvalue weighted by Crippen LogP contribution is 2.27. The molecular weight excluding hydrogens is 350 g/mol. The first-order valence-corrected chi connectivity index (χ1v) is 8.56. The zero-order valence-electron chi connectivity index (χ0n) is 14.8. The molecule has 0 aromatic heterocycles. The third kappa shape index (κ3) is 4.22. The van der Waals surface area contributed by atoms with Crippen molar-refractivity contribution in [2.24, 2.45) is 5.92 Å². The lowest BCUT2D eigenvalue weighted by Gasteiger charge is -2.16. The second-order valence-corrected chi connectivity index (χ2v) is 6.13. The Morgan fingerprint density at radius 3 is 2.48 bits per heavy atom. The van der Waals surface area contributed by atoms with E-state index in [1.165, 1.54) is 29.2 Å². The van der Waals surface area contributed by atoms with E-state index in [1.54, 1.807) is 24.3 Å². The van der Waals surface area contributed by atoms with E-state index >= 15 is 0 Å². The highest BCUT2D eigenvalue weighted by Gasteiger charge is 2.35. The predicted molar refractivity (Wildman–Crippen MR) is 99.8 cm³/mol. The average molecular weight is 369 g/mol. The number of hydrogen-bond acceptors (Lipinski definition) is 5. The molecule has 0 bridgehead atoms. The van der Waals surface area contributed by atoms with Crippen LogP contribution in [0, 0.1) is 16.0 Å². The first-order chi connectivity index (χ1) is 13.0. The molecule has 0 unspecified atom stereocenters. The van der Waals surface area contributed by atoms with Gasteiger partial charge in [-0.15, -0.1) is 0 Å². The molecule has 3 rings (SSSR count). The number of carbonyl (C=O) groups excluding carboxylic acids is 2. The summed E-state index contributed by atoms with van der Waals surface area (Å²) >= 11 is 0. The Balaban J connectivity index is 1.63. The molecule has 8 heteroatoms. The van der Waals surface area contributed by atoms with Gasteiger partial charge in [0.2, 0.25) is 11.8 Å². The van der Waals surface area contributed by atoms with Gasteiger partial charge in [0.05, 0.1) is 17.4 Å². The summed E-state index contributed by atoms with van der Waals surface area (Å²) < 4.78 is 5.36. The van der Waals surface area contributed by atoms with E-state index in [4.69, 9.17) is 4.74 Å². The maximum Gasteiger partial charge on any atom is 0.269 e. The molecule has 1 saturated heterocycles. The highest BCUT2D eigenvalue weighted by molar-refractivity contribution is 6.03. The van der Waals surface area contributed by atoms with Gasteiger partial charge in [-0.2, -0.15) is 0 Å². The van der Waals surface area contributed by atoms with Crippen molar-refractivity contribution in [2.45, 2.75) is 13.3 Å². The molecule has 1 aliphatic rings. The number of anilines is 2. The van der Waals surface area contributed by atoms with Crippen molar-refractivity contribution < 1.29 is 19.2 Å². The van der Waals surface area contributed by atoms with Gasteiger partial charge in [0, 0.05) is 36.5 Å². The van der Waals surface area contributed by atoms with E-state index in [0.717, 1.165) is 5.75 Å². The van der Waals surface area contributed by atoms with Crippen LogP contribution >= 0.6 is 0 Å². The number of amides is 2. The fourth-order valence-electron chi connectivity index (χ4n) is 2.93. The zero-order valence-corrected chi connectivity index (χ0v) is 14.8. The second-order valence-electron chi connectivity index (χ2n) is 6.13. The second kappa shape index (κ2) is 7.86. The van der Waals surface area contributed by atoms with E-state index < -0.39 is 10.8 Å². The van der Waals surface area contributed by atoms with Crippen molar-refractivity contribution in [3.8, 4) is 5.75 Å². The smallest absolute Gasteiger partial charge is 0.269 e. The number of non-ortho nitro benzene ring substituents is 1. The zero-order chi connectivity index (χ0) is 19.4. The van der Waals surface area contributed by atoms with Gasteiger partial charge in [-0.05, 0) is 43.3 Å². The Kier molecular flexibility index (Phi) is 5.35. The molecule has 27 heavy (non-hydrogen) atoms. The maximum atomic E-state index is 12.5. The minimum atomic E-state index is -0.497. The van der Waals surface area contributed by atoms with E-state index in [2.05, 4.69) is 5.32 Å². The van der Waals surface area contributed by atoms with Crippen LogP contribution in [0.3, 0.4) is 0 Å². The summed E-state index contributed by atoms with van der Waals surface area (Å²) in [7, 11) is 0. The van der Waals surface area contributed by atoms with Crippen molar-refractivity contribution in [1.29, 1.82) is 0 Å². The number of nitro benzene ring substituents is 1. The summed E-state index contributed by atoms with van der Waals surface area (Å²) in [5, 5.41) is 13.5. The van der Waals surface area contributed by atoms with Crippen LogP contribution in [0.15, 0.2) is 48.5 Å². The summed E-state index contributed by atoms with van der Waals surface area (Å²) in [6.45, 7) is 2.69. The lowest BCUT2D eigenvalue weighted by atomic mass is 10.1. The molecule has 2 aromatic rings. The topological polar surface area (TPSA) is 102 Å². The fourth-order valence-corrected chi connectivity index (χ4v) is 2.93. The summed E-state index contributed by atoms with van der Waals surface area (Å²) in [6, 6.07) is 12.7. The number of ether oxygens (including phenoxy) is 1. The molecule has 1 atom stereocenters. The predicted octanol–water partition coefficient (Wildman–Crippen LogP) is 2.99. The normalized spacial score (nSPS) is 16.3. The van der Waals surface area contributed by atoms with E-state index in [1.807, 2.05) is 6.92 Å². The standard InChI is InChI=1S/C19H19N3O5/c1-2-27-17-9-3-14(4-10-17)20-19(24)13-11-18(23)21(12-13)15-5-7-16(8-6-15)22(25)26/h3-10,13H,2,11-12H2,1H3,(H,20,24)/t13-/m0/s1. The summed E-state index contributed by atoms with van der Waals surface area (Å²) in [6.07, 6.45) is 0.0971. The molecule has 1 aliphatic heterocycles. The number of nitrogens with zero attached hydrogens (tertiary/aromatic N) is 2. The fraction of sp³-hybridized carbons (Fsp3) is 0.263. The molecule has 2 aromatic carbocycles. The van der Waals surface area contributed by atoms with Crippen LogP contribution in [0.1, 0.15) is 13.3 Å². The number of hydrogen-bond donors (Lipinski definition) is 1. The molecule has 0 radical (unpaired) electrons. The van der Waals surface area contributed by atoms with E-state index in [-0.39, 0.29) is 30.5 Å². The van der Waals surface area contributed by atoms with Crippen LogP contribution < -0.4 is 15.0 Å². The van der Waals surface area contributed by atoms with Gasteiger partial charge in [-0.3, -0.25) is 19.7 Å². The molecule has 0 spiro atoms. The van der Waals surface area contributed by atoms with Crippen molar-refractivity contribution in [3.63, 3.8) is 0 Å². The van der Waals surface area contributed by atoms with Gasteiger partial charge in [-0.1, -0.05) is 0 Å². The Labute approximate surface area is 155 Å². The lowest BCUT2D eigenvalue weighted by molar-refractivity contribution is -0.384. The first-order valence-electron chi connectivity index (χ1n) is 8.56. The molecule has 0 aliphatic carbocycles. The van der Waals surface area contributed by atoms with Gasteiger partial charge in [-0.25, -0.2) is 0 Å². The molecule has 2 amide bonds. The number of nitrogens with one attached hydrogen (secondary N) is 1. The molecule has 140 valence electrons. The van der Waals surface area contributed by atoms with Crippen LogP contribution in [-0.4, -0.2) is 29.9 Å². The Hall–Kier alpha value is -3.42. The van der Waals surface area contributed by atoms with E-state index in [0.29, 0.717) is 18.0 Å². The quantitative estimate of drug-likeness (QED) is 0.623. The maximum absolute atomic E-state index is 12.5. The minimum absolute atomic E-state index is 0.0461. The van der Waals surface area contributed by atoms with Gasteiger partial charge in [0.1, 0.15) is 5.75 Å². The number of benzene rings is 2. The third-order valence-corrected chi connectivity index (χ3v) is 4.30. The summed E-state index contributed by atoms with van der Waals surface area (Å²) in [4.78, 5) is 36.5. The Morgan fingerprint density at radius 1 is 1.22 bits per heavy atom. The molecule has 1 fully saturated rings. The van der Waals surface area contributed by atoms with E-state index in [9.17, 15) is 19.7 Å². The van der Waals surface area contributed by atoms with Crippen molar-refractivity contribution in [1.82, 2.24) is 0 Å². The van der Waals surface area contributed by atoms with Crippen molar-refractivity contribution in [2.75, 3.05) is 23.4 Å². The van der Waals surface area contributed by atoms with Gasteiger partial charge < -0.3 is 15.0 Å². The third-order valence-electron chi connectivity index (χ3n) is 4.30. The molecule has 0 saturated carbocycles. The number of nitro groups is 1. The SMILES string of the molecule is CCOc1ccc(NC(=O)[C@H]2CC(=O)N(c3ccc([N+](=O)[O-])cc3)C2)cc1. The van der Waals surface area contributed by atoms with Gasteiger partial charge in [0.15, 0.2) is 0 Å². The first kappa shape index (κ1) is 18.4. The summed E-state index contributed by atoms with van der Waals surface area (Å²) in [5.74, 6) is -0.192. The van der Waals surface area contributed by atoms with Crippen LogP contribution in [0.4, 0.5) is 17.1 Å². The van der Waals surface area contributed by atoms with Crippen molar-refractivity contribution in [3.05, 3.63) is 58.6 Å². The van der Waals surface area contributed by atoms with Gasteiger partial charge >= 0.3 is 0 Å². The Bertz CT molecular complexity index is 849. The Morgan fingerprint density at radius 2 is 1.89 bits per heavy atom. The van der Waals surface area contributed by atoms with Crippen LogP contribution in [-0.2, 0) is 9.59 Å². The van der Waals surface area contributed by atoms with Gasteiger partial charge in [0.25, 0.3) is 5.69 Å². The molecule has 1 N–H and O–H groups in total. The minimum Gasteiger partial charge on any atom is -0.494 e. The largest absolute Gasteiger partial charge is 0.494 e. The average Bonchev–Trinajstić information content (AvgIpc) is 3.05. The monoisotopic (exact) mass is 369 g/mol. The van der Waals surface area contributed by atoms with Crippen LogP contribution in [0.5, 0.6) is 5.75 Å². The number of rotatable bonds is 6. The molecule has 1 heterocycles. The summed E-state index contributed by atoms with van der Waals surface area (Å²) in [5.41, 5.74) is 1.13. The highest BCUT2D eigenvalue weighted by atomic mass is 16.6. The van der Waals surface area contributed by atoms with Crippen LogP contribution in [0.25, 0.3) is 0 Å². The van der Waals surface area contributed by atoms with Crippen LogP contribution in [0.2, 0.25) is 0 Å².